The van der Waals surface area contributed by atoms with E-state index in [1.807, 2.05) is 0 Å². The van der Waals surface area contributed by atoms with Crippen LogP contribution in [0.25, 0.3) is 0 Å². The van der Waals surface area contributed by atoms with Gasteiger partial charge in [0.2, 0.25) is 10.0 Å². The molecule has 1 unspecified atom stereocenters. The lowest BCUT2D eigenvalue weighted by atomic mass is 9.96. The normalized spacial score (nSPS) is 21.1. The fraction of sp³-hybridized carbons (Fsp3) is 0.538. The lowest BCUT2D eigenvalue weighted by molar-refractivity contribution is 0.258. The largest absolute Gasteiger partial charge is 0.330 e. The Hall–Kier alpha value is -0.330. The lowest BCUT2D eigenvalue weighted by Gasteiger charge is -2.32. The van der Waals surface area contributed by atoms with Gasteiger partial charge in [-0.15, -0.1) is 0 Å². The Morgan fingerprint density at radius 3 is 2.80 bits per heavy atom. The molecular formula is C13H18Cl2N2O2S. The van der Waals surface area contributed by atoms with Gasteiger partial charge >= 0.3 is 0 Å². The van der Waals surface area contributed by atoms with E-state index in [0.717, 1.165) is 19.3 Å². The summed E-state index contributed by atoms with van der Waals surface area (Å²) >= 11 is 11.9. The first kappa shape index (κ1) is 16.0. The summed E-state index contributed by atoms with van der Waals surface area (Å²) in [5, 5.41) is 0.568. The molecule has 0 spiro atoms. The molecule has 1 aliphatic rings. The number of sulfonamides is 1. The summed E-state index contributed by atoms with van der Waals surface area (Å²) in [4.78, 5) is 0.0834. The summed E-state index contributed by atoms with van der Waals surface area (Å²) in [6, 6.07) is 4.50. The Morgan fingerprint density at radius 1 is 1.35 bits per heavy atom. The molecule has 1 heterocycles. The smallest absolute Gasteiger partial charge is 0.244 e. The zero-order chi connectivity index (χ0) is 14.8. The Balaban J connectivity index is 2.27. The first-order valence-corrected chi connectivity index (χ1v) is 8.80. The zero-order valence-corrected chi connectivity index (χ0v) is 13.4. The molecule has 1 aromatic carbocycles. The molecule has 1 fully saturated rings. The van der Waals surface area contributed by atoms with Gasteiger partial charge < -0.3 is 5.73 Å². The standard InChI is InChI=1S/C13H18Cl2N2O2S/c14-11-3-4-12(15)13(8-11)20(18,19)17-7-1-2-10(9-17)5-6-16/h3-4,8,10H,1-2,5-7,9,16H2. The highest BCUT2D eigenvalue weighted by Crippen LogP contribution is 2.30. The molecule has 1 aliphatic heterocycles. The lowest BCUT2D eigenvalue weighted by Crippen LogP contribution is -2.40. The van der Waals surface area contributed by atoms with Crippen LogP contribution in [0.4, 0.5) is 0 Å². The first-order chi connectivity index (χ1) is 9.45. The molecule has 4 nitrogen and oxygen atoms in total. The van der Waals surface area contributed by atoms with E-state index in [1.54, 1.807) is 6.07 Å². The number of piperidine rings is 1. The van der Waals surface area contributed by atoms with Gasteiger partial charge in [-0.05, 0) is 49.9 Å². The van der Waals surface area contributed by atoms with E-state index in [-0.39, 0.29) is 9.92 Å². The molecule has 112 valence electrons. The molecule has 0 radical (unpaired) electrons. The van der Waals surface area contributed by atoms with Crippen molar-refractivity contribution in [3.8, 4) is 0 Å². The number of nitrogens with two attached hydrogens (primary N) is 1. The molecule has 0 amide bonds. The Kier molecular flexibility index (Phi) is 5.31. The van der Waals surface area contributed by atoms with E-state index in [0.29, 0.717) is 30.6 Å². The summed E-state index contributed by atoms with van der Waals surface area (Å²) in [7, 11) is -3.59. The van der Waals surface area contributed by atoms with Crippen LogP contribution in [0.5, 0.6) is 0 Å². The third kappa shape index (κ3) is 3.46. The van der Waals surface area contributed by atoms with Crippen molar-refractivity contribution in [1.29, 1.82) is 0 Å². The maximum absolute atomic E-state index is 12.7. The highest BCUT2D eigenvalue weighted by Gasteiger charge is 2.31. The molecule has 20 heavy (non-hydrogen) atoms. The van der Waals surface area contributed by atoms with Crippen LogP contribution in [-0.4, -0.2) is 32.4 Å². The van der Waals surface area contributed by atoms with Crippen LogP contribution in [0.15, 0.2) is 23.1 Å². The van der Waals surface area contributed by atoms with E-state index in [2.05, 4.69) is 0 Å². The van der Waals surface area contributed by atoms with Crippen molar-refractivity contribution in [2.24, 2.45) is 11.7 Å². The quantitative estimate of drug-likeness (QED) is 0.919. The third-order valence-electron chi connectivity index (χ3n) is 3.57. The fourth-order valence-electron chi connectivity index (χ4n) is 2.53. The molecule has 0 bridgehead atoms. The summed E-state index contributed by atoms with van der Waals surface area (Å²) in [5.74, 6) is 0.321. The highest BCUT2D eigenvalue weighted by molar-refractivity contribution is 7.89. The van der Waals surface area contributed by atoms with Gasteiger partial charge in [0.05, 0.1) is 5.02 Å². The second-order valence-corrected chi connectivity index (χ2v) is 7.77. The number of halogens is 2. The number of rotatable bonds is 4. The van der Waals surface area contributed by atoms with E-state index in [1.165, 1.54) is 16.4 Å². The molecule has 2 rings (SSSR count). The second-order valence-electron chi connectivity index (χ2n) is 5.02. The molecule has 7 heteroatoms. The van der Waals surface area contributed by atoms with Crippen LogP contribution in [0.1, 0.15) is 19.3 Å². The number of nitrogens with zero attached hydrogens (tertiary/aromatic N) is 1. The van der Waals surface area contributed by atoms with Gasteiger partial charge in [0, 0.05) is 18.1 Å². The molecule has 1 aromatic rings. The zero-order valence-electron chi connectivity index (χ0n) is 11.1. The van der Waals surface area contributed by atoms with Crippen LogP contribution in [-0.2, 0) is 10.0 Å². The third-order valence-corrected chi connectivity index (χ3v) is 6.15. The maximum Gasteiger partial charge on any atom is 0.244 e. The minimum atomic E-state index is -3.59. The Bertz CT molecular complexity index is 576. The van der Waals surface area contributed by atoms with Gasteiger partial charge in [-0.25, -0.2) is 8.42 Å². The predicted octanol–water partition coefficient (Wildman–Crippen LogP) is 2.74. The topological polar surface area (TPSA) is 63.4 Å². The Labute approximate surface area is 129 Å². The van der Waals surface area contributed by atoms with Gasteiger partial charge in [0.1, 0.15) is 4.90 Å². The SMILES string of the molecule is NCCC1CCCN(S(=O)(=O)c2cc(Cl)ccc2Cl)C1. The minimum absolute atomic E-state index is 0.0834. The number of benzene rings is 1. The highest BCUT2D eigenvalue weighted by atomic mass is 35.5. The first-order valence-electron chi connectivity index (χ1n) is 6.60. The van der Waals surface area contributed by atoms with Crippen molar-refractivity contribution in [2.45, 2.75) is 24.2 Å². The summed E-state index contributed by atoms with van der Waals surface area (Å²) in [6.07, 6.45) is 2.71. The van der Waals surface area contributed by atoms with Gasteiger partial charge in [-0.2, -0.15) is 4.31 Å². The molecule has 0 aromatic heterocycles. The number of hydrogen-bond donors (Lipinski definition) is 1. The molecule has 0 saturated carbocycles. The Morgan fingerprint density at radius 2 is 2.10 bits per heavy atom. The van der Waals surface area contributed by atoms with Crippen molar-refractivity contribution in [2.75, 3.05) is 19.6 Å². The van der Waals surface area contributed by atoms with Crippen molar-refractivity contribution in [1.82, 2.24) is 4.31 Å². The minimum Gasteiger partial charge on any atom is -0.330 e. The summed E-state index contributed by atoms with van der Waals surface area (Å²) in [6.45, 7) is 1.60. The number of hydrogen-bond acceptors (Lipinski definition) is 3. The molecule has 2 N–H and O–H groups in total. The molecule has 1 saturated heterocycles. The van der Waals surface area contributed by atoms with Crippen molar-refractivity contribution < 1.29 is 8.42 Å². The van der Waals surface area contributed by atoms with Crippen molar-refractivity contribution in [3.05, 3.63) is 28.2 Å². The van der Waals surface area contributed by atoms with Gasteiger partial charge in [0.25, 0.3) is 0 Å². The van der Waals surface area contributed by atoms with E-state index in [9.17, 15) is 8.42 Å². The van der Waals surface area contributed by atoms with Crippen LogP contribution < -0.4 is 5.73 Å². The van der Waals surface area contributed by atoms with Crippen LogP contribution in [0.2, 0.25) is 10.0 Å². The van der Waals surface area contributed by atoms with Gasteiger partial charge in [-0.3, -0.25) is 0 Å². The second kappa shape index (κ2) is 6.62. The van der Waals surface area contributed by atoms with Crippen molar-refractivity contribution >= 4 is 33.2 Å². The van der Waals surface area contributed by atoms with Gasteiger partial charge in [-0.1, -0.05) is 23.2 Å². The summed E-state index contributed by atoms with van der Waals surface area (Å²) in [5.41, 5.74) is 5.56. The van der Waals surface area contributed by atoms with Gasteiger partial charge in [0.15, 0.2) is 0 Å². The van der Waals surface area contributed by atoms with E-state index >= 15 is 0 Å². The van der Waals surface area contributed by atoms with Crippen LogP contribution in [0.3, 0.4) is 0 Å². The van der Waals surface area contributed by atoms with Crippen LogP contribution in [0, 0.1) is 5.92 Å². The average molecular weight is 337 g/mol. The maximum atomic E-state index is 12.7. The van der Waals surface area contributed by atoms with E-state index in [4.69, 9.17) is 28.9 Å². The average Bonchev–Trinajstić information content (AvgIpc) is 2.42. The monoisotopic (exact) mass is 336 g/mol. The van der Waals surface area contributed by atoms with E-state index < -0.39 is 10.0 Å². The fourth-order valence-corrected chi connectivity index (χ4v) is 4.82. The molecule has 1 atom stereocenters. The molecular weight excluding hydrogens is 319 g/mol. The molecule has 0 aliphatic carbocycles. The predicted molar refractivity (Wildman–Crippen MR) is 81.6 cm³/mol. The van der Waals surface area contributed by atoms with Crippen molar-refractivity contribution in [3.63, 3.8) is 0 Å². The summed E-state index contributed by atoms with van der Waals surface area (Å²) < 4.78 is 26.8. The van der Waals surface area contributed by atoms with Crippen LogP contribution >= 0.6 is 23.2 Å².